The zero-order chi connectivity index (χ0) is 23.3. The minimum absolute atomic E-state index is 0.283. The van der Waals surface area contributed by atoms with Crippen molar-refractivity contribution in [3.8, 4) is 0 Å². The van der Waals surface area contributed by atoms with Crippen molar-refractivity contribution in [2.45, 2.75) is 50.1 Å². The molecule has 0 aliphatic rings. The van der Waals surface area contributed by atoms with Crippen molar-refractivity contribution >= 4 is 0 Å². The molecule has 12 N–H and O–H groups in total. The number of hydrogen-bond donors (Lipinski definition) is 12. The molecule has 0 aromatic rings. The van der Waals surface area contributed by atoms with E-state index < -0.39 is 69.5 Å². The molecule has 0 spiro atoms. The molecule has 180 valence electrons. The smallest absolute Gasteiger partial charge is 0.111 e. The van der Waals surface area contributed by atoms with Gasteiger partial charge in [0.25, 0.3) is 0 Å². The van der Waals surface area contributed by atoms with Crippen LogP contribution in [0.5, 0.6) is 0 Å². The van der Waals surface area contributed by atoms with Gasteiger partial charge in [0.1, 0.15) is 24.4 Å². The third kappa shape index (κ3) is 16.9. The summed E-state index contributed by atoms with van der Waals surface area (Å²) in [6.45, 7) is -2.51. The summed E-state index contributed by atoms with van der Waals surface area (Å²) < 4.78 is 0. The summed E-state index contributed by atoms with van der Waals surface area (Å²) in [5.74, 6) is 0. The molecule has 0 heterocycles. The van der Waals surface area contributed by atoms with Crippen LogP contribution in [0.2, 0.25) is 0 Å². The Morgan fingerprint density at radius 3 is 0.862 bits per heavy atom. The molecule has 12 heteroatoms. The third-order valence-corrected chi connectivity index (χ3v) is 3.92. The summed E-state index contributed by atoms with van der Waals surface area (Å²) in [6, 6.07) is 0. The second-order valence-corrected chi connectivity index (χ2v) is 6.47. The highest BCUT2D eigenvalue weighted by molar-refractivity contribution is 4.79. The monoisotopic (exact) mass is 436 g/mol. The number of rotatable bonds is 14. The van der Waals surface area contributed by atoms with Crippen molar-refractivity contribution < 1.29 is 61.3 Å². The maximum Gasteiger partial charge on any atom is 0.111 e. The SMILES string of the molecule is OCC(CO)(CO)CO.OCC(O)C(O)C(O)C(O)CO.OCCCCCCO. The lowest BCUT2D eigenvalue weighted by Crippen LogP contribution is -2.46. The van der Waals surface area contributed by atoms with Crippen LogP contribution in [0, 0.1) is 5.41 Å². The van der Waals surface area contributed by atoms with E-state index in [0.717, 1.165) is 25.7 Å². The van der Waals surface area contributed by atoms with Gasteiger partial charge in [-0.25, -0.2) is 0 Å². The molecule has 0 rings (SSSR count). The Bertz CT molecular complexity index is 279. The number of aliphatic hydroxyl groups is 12. The maximum atomic E-state index is 8.96. The van der Waals surface area contributed by atoms with Crippen molar-refractivity contribution in [2.24, 2.45) is 5.41 Å². The number of unbranched alkanes of at least 4 members (excludes halogenated alkanes) is 3. The second-order valence-electron chi connectivity index (χ2n) is 6.47. The summed E-state index contributed by atoms with van der Waals surface area (Å²) in [6.07, 6.45) is -2.56. The molecule has 0 bridgehead atoms. The van der Waals surface area contributed by atoms with Crippen LogP contribution in [0.4, 0.5) is 0 Å². The Kier molecular flexibility index (Phi) is 25.4. The Labute approximate surface area is 170 Å². The Morgan fingerprint density at radius 2 is 0.724 bits per heavy atom. The van der Waals surface area contributed by atoms with E-state index in [4.69, 9.17) is 61.3 Å². The molecule has 12 nitrogen and oxygen atoms in total. The molecular formula is C17H40O12. The van der Waals surface area contributed by atoms with Crippen LogP contribution in [-0.4, -0.2) is 139 Å². The van der Waals surface area contributed by atoms with Gasteiger partial charge in [0.15, 0.2) is 0 Å². The highest BCUT2D eigenvalue weighted by Gasteiger charge is 2.29. The first-order valence-corrected chi connectivity index (χ1v) is 9.29. The fourth-order valence-electron chi connectivity index (χ4n) is 1.55. The molecular weight excluding hydrogens is 396 g/mol. The van der Waals surface area contributed by atoms with Crippen molar-refractivity contribution in [3.05, 3.63) is 0 Å². The minimum Gasteiger partial charge on any atom is -0.396 e. The summed E-state index contributed by atoms with van der Waals surface area (Å²) in [7, 11) is 0. The first-order valence-electron chi connectivity index (χ1n) is 9.29. The second kappa shape index (κ2) is 22.2. The summed E-state index contributed by atoms with van der Waals surface area (Å²) in [4.78, 5) is 0. The zero-order valence-corrected chi connectivity index (χ0v) is 16.7. The van der Waals surface area contributed by atoms with E-state index in [1.54, 1.807) is 0 Å². The third-order valence-electron chi connectivity index (χ3n) is 3.92. The minimum atomic E-state index is -1.67. The van der Waals surface area contributed by atoms with Gasteiger partial charge in [-0.05, 0) is 12.8 Å². The Balaban J connectivity index is -0.000000359. The number of aliphatic hydroxyl groups excluding tert-OH is 12. The quantitative estimate of drug-likeness (QED) is 0.114. The number of hydrogen-bond acceptors (Lipinski definition) is 12. The zero-order valence-electron chi connectivity index (χ0n) is 16.7. The van der Waals surface area contributed by atoms with Gasteiger partial charge < -0.3 is 61.3 Å². The fourth-order valence-corrected chi connectivity index (χ4v) is 1.55. The lowest BCUT2D eigenvalue weighted by Gasteiger charge is -2.24. The summed E-state index contributed by atoms with van der Waals surface area (Å²) >= 11 is 0. The summed E-state index contributed by atoms with van der Waals surface area (Å²) in [5.41, 5.74) is -1.11. The normalized spacial score (nSPS) is 15.3. The molecule has 29 heavy (non-hydrogen) atoms. The van der Waals surface area contributed by atoms with Crippen molar-refractivity contribution in [1.82, 2.24) is 0 Å². The molecule has 0 fully saturated rings. The predicted molar refractivity (Wildman–Crippen MR) is 102 cm³/mol. The van der Waals surface area contributed by atoms with E-state index in [1.165, 1.54) is 0 Å². The van der Waals surface area contributed by atoms with Gasteiger partial charge in [-0.15, -0.1) is 0 Å². The van der Waals surface area contributed by atoms with Gasteiger partial charge in [0.2, 0.25) is 0 Å². The maximum absolute atomic E-state index is 8.96. The van der Waals surface area contributed by atoms with Crippen molar-refractivity contribution in [3.63, 3.8) is 0 Å². The first-order chi connectivity index (χ1) is 13.7. The lowest BCUT2D eigenvalue weighted by atomic mass is 9.93. The van der Waals surface area contributed by atoms with Gasteiger partial charge in [0, 0.05) is 13.2 Å². The van der Waals surface area contributed by atoms with E-state index in [9.17, 15) is 0 Å². The van der Waals surface area contributed by atoms with Crippen LogP contribution in [0.25, 0.3) is 0 Å². The molecule has 0 aromatic heterocycles. The molecule has 4 unspecified atom stereocenters. The molecule has 0 saturated heterocycles. The predicted octanol–water partition coefficient (Wildman–Crippen LogP) is -5.11. The molecule has 4 atom stereocenters. The van der Waals surface area contributed by atoms with E-state index in [2.05, 4.69) is 0 Å². The van der Waals surface area contributed by atoms with Crippen LogP contribution in [-0.2, 0) is 0 Å². The average molecular weight is 436 g/mol. The van der Waals surface area contributed by atoms with Gasteiger partial charge in [-0.2, -0.15) is 0 Å². The van der Waals surface area contributed by atoms with Gasteiger partial charge in [-0.1, -0.05) is 12.8 Å². The van der Waals surface area contributed by atoms with E-state index >= 15 is 0 Å². The van der Waals surface area contributed by atoms with Gasteiger partial charge >= 0.3 is 0 Å². The van der Waals surface area contributed by atoms with Crippen LogP contribution in [0.15, 0.2) is 0 Å². The van der Waals surface area contributed by atoms with Crippen molar-refractivity contribution in [1.29, 1.82) is 0 Å². The van der Waals surface area contributed by atoms with Crippen LogP contribution >= 0.6 is 0 Å². The highest BCUT2D eigenvalue weighted by atomic mass is 16.4. The topological polar surface area (TPSA) is 243 Å². The lowest BCUT2D eigenvalue weighted by molar-refractivity contribution is -0.123. The van der Waals surface area contributed by atoms with Crippen LogP contribution in [0.3, 0.4) is 0 Å². The Morgan fingerprint density at radius 1 is 0.448 bits per heavy atom. The van der Waals surface area contributed by atoms with E-state index in [-0.39, 0.29) is 13.2 Å². The fraction of sp³-hybridized carbons (Fsp3) is 1.00. The van der Waals surface area contributed by atoms with Crippen LogP contribution in [0.1, 0.15) is 25.7 Å². The first kappa shape index (κ1) is 33.2. The molecule has 0 aliphatic heterocycles. The van der Waals surface area contributed by atoms with E-state index in [0.29, 0.717) is 0 Å². The standard InChI is InChI=1S/C6H14O6.C6H14O2.C5H12O4/c7-1-3(9)5(11)6(12)4(10)2-8;7-5-3-1-2-4-6-8;6-1-5(2-7,3-8)4-9/h3-12H,1-2H2;7-8H,1-6H2;6-9H,1-4H2. The molecule has 0 aromatic carbocycles. The van der Waals surface area contributed by atoms with Crippen LogP contribution < -0.4 is 0 Å². The molecule has 0 radical (unpaired) electrons. The molecule has 0 saturated carbocycles. The molecule has 0 amide bonds. The van der Waals surface area contributed by atoms with Crippen molar-refractivity contribution in [2.75, 3.05) is 52.9 Å². The average Bonchev–Trinajstić information content (AvgIpc) is 2.77. The van der Waals surface area contributed by atoms with Gasteiger partial charge in [0.05, 0.1) is 45.1 Å². The Hall–Kier alpha value is -0.480. The largest absolute Gasteiger partial charge is 0.396 e. The van der Waals surface area contributed by atoms with Gasteiger partial charge in [-0.3, -0.25) is 0 Å². The molecule has 0 aliphatic carbocycles. The van der Waals surface area contributed by atoms with E-state index in [1.807, 2.05) is 0 Å². The highest BCUT2D eigenvalue weighted by Crippen LogP contribution is 2.11. The summed E-state index contributed by atoms with van der Waals surface area (Å²) in [5, 5.41) is 103.